The number of nitrogens with zero attached hydrogens (tertiary/aromatic N) is 1. The Bertz CT molecular complexity index is 569. The second-order valence-electron chi connectivity index (χ2n) is 4.58. The van der Waals surface area contributed by atoms with Gasteiger partial charge in [0.15, 0.2) is 6.23 Å². The van der Waals surface area contributed by atoms with Crippen molar-refractivity contribution >= 4 is 0 Å². The molecule has 2 heterocycles. The molecule has 2 rings (SSSR count). The van der Waals surface area contributed by atoms with Crippen molar-refractivity contribution in [3.63, 3.8) is 0 Å². The van der Waals surface area contributed by atoms with Crippen LogP contribution in [0.15, 0.2) is 21.9 Å². The largest absolute Gasteiger partial charge is 0.394 e. The third kappa shape index (κ3) is 3.39. The van der Waals surface area contributed by atoms with E-state index in [1.807, 2.05) is 0 Å². The Hall–Kier alpha value is -1.52. The van der Waals surface area contributed by atoms with Crippen molar-refractivity contribution in [1.29, 1.82) is 0 Å². The van der Waals surface area contributed by atoms with Gasteiger partial charge < -0.3 is 24.4 Å². The highest BCUT2D eigenvalue weighted by atomic mass is 16.6. The van der Waals surface area contributed by atoms with Gasteiger partial charge in [-0.1, -0.05) is 0 Å². The molecule has 0 radical (unpaired) electrons. The summed E-state index contributed by atoms with van der Waals surface area (Å²) in [6.45, 7) is 0.0779. The van der Waals surface area contributed by atoms with E-state index in [0.29, 0.717) is 6.61 Å². The number of nitrogens with one attached hydrogen (secondary N) is 1. The molecule has 1 fully saturated rings. The molecule has 9 heteroatoms. The van der Waals surface area contributed by atoms with E-state index in [1.165, 1.54) is 13.3 Å². The fourth-order valence-corrected chi connectivity index (χ4v) is 2.17. The van der Waals surface area contributed by atoms with Gasteiger partial charge in [0.25, 0.3) is 5.56 Å². The van der Waals surface area contributed by atoms with Crippen molar-refractivity contribution in [3.05, 3.63) is 33.1 Å². The molecule has 0 bridgehead atoms. The Morgan fingerprint density at radius 1 is 1.43 bits per heavy atom. The van der Waals surface area contributed by atoms with Crippen LogP contribution in [0.4, 0.5) is 0 Å². The molecule has 2 unspecified atom stereocenters. The molecule has 1 aromatic heterocycles. The zero-order valence-corrected chi connectivity index (χ0v) is 11.5. The van der Waals surface area contributed by atoms with Crippen LogP contribution in [0.3, 0.4) is 0 Å². The molecule has 3 N–H and O–H groups in total. The predicted molar refractivity (Wildman–Crippen MR) is 69.9 cm³/mol. The Kier molecular flexibility index (Phi) is 5.26. The quantitative estimate of drug-likeness (QED) is 0.510. The van der Waals surface area contributed by atoms with E-state index in [0.717, 1.165) is 10.6 Å². The van der Waals surface area contributed by atoms with Gasteiger partial charge in [-0.05, 0) is 0 Å². The first-order valence-electron chi connectivity index (χ1n) is 6.45. The highest BCUT2D eigenvalue weighted by Gasteiger charge is 2.45. The molecule has 21 heavy (non-hydrogen) atoms. The van der Waals surface area contributed by atoms with Gasteiger partial charge in [0.1, 0.15) is 18.3 Å². The minimum atomic E-state index is -1.10. The van der Waals surface area contributed by atoms with Crippen molar-refractivity contribution in [1.82, 2.24) is 9.55 Å². The summed E-state index contributed by atoms with van der Waals surface area (Å²) in [5, 5.41) is 19.3. The number of hydrogen-bond acceptors (Lipinski definition) is 7. The molecule has 0 spiro atoms. The number of aliphatic hydroxyl groups excluding tert-OH is 2. The maximum Gasteiger partial charge on any atom is 0.330 e. The van der Waals surface area contributed by atoms with Crippen LogP contribution in [0.2, 0.25) is 0 Å². The SMILES string of the molecule is COCCOC1C(O)[C@@H](CO)O[C@H]1n1ccc(=O)[nH]c1=O. The summed E-state index contributed by atoms with van der Waals surface area (Å²) in [6.07, 6.45) is -2.53. The summed E-state index contributed by atoms with van der Waals surface area (Å²) in [7, 11) is 1.51. The van der Waals surface area contributed by atoms with Crippen LogP contribution in [-0.4, -0.2) is 65.0 Å². The zero-order valence-electron chi connectivity index (χ0n) is 11.5. The third-order valence-electron chi connectivity index (χ3n) is 3.22. The van der Waals surface area contributed by atoms with Gasteiger partial charge in [-0.15, -0.1) is 0 Å². The molecule has 0 aliphatic carbocycles. The Balaban J connectivity index is 2.25. The summed E-state index contributed by atoms with van der Waals surface area (Å²) in [5.74, 6) is 0. The average molecular weight is 302 g/mol. The monoisotopic (exact) mass is 302 g/mol. The van der Waals surface area contributed by atoms with Gasteiger partial charge in [0.05, 0.1) is 19.8 Å². The lowest BCUT2D eigenvalue weighted by Crippen LogP contribution is -2.39. The molecule has 1 aliphatic rings. The topological polar surface area (TPSA) is 123 Å². The van der Waals surface area contributed by atoms with E-state index in [9.17, 15) is 19.8 Å². The lowest BCUT2D eigenvalue weighted by molar-refractivity contribution is -0.0819. The van der Waals surface area contributed by atoms with E-state index in [1.54, 1.807) is 0 Å². The number of aromatic amines is 1. The van der Waals surface area contributed by atoms with E-state index in [4.69, 9.17) is 14.2 Å². The standard InChI is InChI=1S/C12H18N2O7/c1-19-4-5-20-10-9(17)7(6-15)21-11(10)14-3-2-8(16)13-12(14)18/h2-3,7,9-11,15,17H,4-6H2,1H3,(H,13,16,18)/t7-,9?,10?,11-/m1/s1. The summed E-state index contributed by atoms with van der Waals surface area (Å²) < 4.78 is 16.9. The molecule has 0 aromatic carbocycles. The van der Waals surface area contributed by atoms with Crippen molar-refractivity contribution in [2.75, 3.05) is 26.9 Å². The lowest BCUT2D eigenvalue weighted by atomic mass is 10.1. The zero-order chi connectivity index (χ0) is 15.4. The Labute approximate surface area is 119 Å². The average Bonchev–Trinajstić information content (AvgIpc) is 2.76. The van der Waals surface area contributed by atoms with Crippen molar-refractivity contribution in [3.8, 4) is 0 Å². The first-order chi connectivity index (χ1) is 10.1. The molecule has 1 aromatic rings. The second kappa shape index (κ2) is 6.96. The number of hydrogen-bond donors (Lipinski definition) is 3. The number of rotatable bonds is 6. The minimum absolute atomic E-state index is 0.189. The summed E-state index contributed by atoms with van der Waals surface area (Å²) in [6, 6.07) is 1.16. The van der Waals surface area contributed by atoms with E-state index in [-0.39, 0.29) is 6.61 Å². The van der Waals surface area contributed by atoms with Crippen molar-refractivity contribution in [2.45, 2.75) is 24.5 Å². The van der Waals surface area contributed by atoms with E-state index in [2.05, 4.69) is 4.98 Å². The van der Waals surface area contributed by atoms with Crippen LogP contribution in [0.25, 0.3) is 0 Å². The highest BCUT2D eigenvalue weighted by molar-refractivity contribution is 4.93. The van der Waals surface area contributed by atoms with Crippen LogP contribution in [0, 0.1) is 0 Å². The number of aliphatic hydroxyl groups is 2. The molecule has 4 atom stereocenters. The predicted octanol–water partition coefficient (Wildman–Crippen LogP) is -2.18. The van der Waals surface area contributed by atoms with Crippen LogP contribution >= 0.6 is 0 Å². The fraction of sp³-hybridized carbons (Fsp3) is 0.667. The molecule has 1 aliphatic heterocycles. The number of ether oxygens (including phenoxy) is 3. The highest BCUT2D eigenvalue weighted by Crippen LogP contribution is 2.30. The summed E-state index contributed by atoms with van der Waals surface area (Å²) in [5.41, 5.74) is -1.22. The van der Waals surface area contributed by atoms with Gasteiger partial charge in [0, 0.05) is 19.4 Å². The Morgan fingerprint density at radius 3 is 2.81 bits per heavy atom. The maximum atomic E-state index is 11.8. The van der Waals surface area contributed by atoms with Gasteiger partial charge >= 0.3 is 5.69 Å². The molecular weight excluding hydrogens is 284 g/mol. The second-order valence-corrected chi connectivity index (χ2v) is 4.58. The summed E-state index contributed by atoms with van der Waals surface area (Å²) in [4.78, 5) is 25.0. The van der Waals surface area contributed by atoms with Crippen LogP contribution < -0.4 is 11.2 Å². The maximum absolute atomic E-state index is 11.8. The van der Waals surface area contributed by atoms with Gasteiger partial charge in [-0.3, -0.25) is 14.3 Å². The number of methoxy groups -OCH3 is 1. The van der Waals surface area contributed by atoms with E-state index < -0.39 is 42.4 Å². The van der Waals surface area contributed by atoms with Crippen molar-refractivity contribution < 1.29 is 24.4 Å². The normalized spacial score (nSPS) is 28.9. The van der Waals surface area contributed by atoms with Crippen LogP contribution in [0.5, 0.6) is 0 Å². The molecule has 0 amide bonds. The van der Waals surface area contributed by atoms with Gasteiger partial charge in [0.2, 0.25) is 0 Å². The van der Waals surface area contributed by atoms with Crippen LogP contribution in [0.1, 0.15) is 6.23 Å². The Morgan fingerprint density at radius 2 is 2.19 bits per heavy atom. The molecule has 9 nitrogen and oxygen atoms in total. The smallest absolute Gasteiger partial charge is 0.330 e. The summed E-state index contributed by atoms with van der Waals surface area (Å²) >= 11 is 0. The first-order valence-corrected chi connectivity index (χ1v) is 6.45. The van der Waals surface area contributed by atoms with Gasteiger partial charge in [-0.25, -0.2) is 4.79 Å². The molecule has 1 saturated heterocycles. The molecular formula is C12H18N2O7. The number of aromatic nitrogens is 2. The van der Waals surface area contributed by atoms with Gasteiger partial charge in [-0.2, -0.15) is 0 Å². The minimum Gasteiger partial charge on any atom is -0.394 e. The first kappa shape index (κ1) is 15.9. The molecule has 0 saturated carbocycles. The number of H-pyrrole nitrogens is 1. The van der Waals surface area contributed by atoms with E-state index >= 15 is 0 Å². The third-order valence-corrected chi connectivity index (χ3v) is 3.22. The fourth-order valence-electron chi connectivity index (χ4n) is 2.17. The molecule has 118 valence electrons. The lowest BCUT2D eigenvalue weighted by Gasteiger charge is -2.22. The van der Waals surface area contributed by atoms with Crippen LogP contribution in [-0.2, 0) is 14.2 Å². The van der Waals surface area contributed by atoms with Crippen molar-refractivity contribution in [2.24, 2.45) is 0 Å².